The normalized spacial score (nSPS) is 38.5. The number of aliphatic hydroxyl groups is 1. The van der Waals surface area contributed by atoms with Crippen LogP contribution in [0.15, 0.2) is 0 Å². The minimum Gasteiger partial charge on any atom is -0.394 e. The molecule has 1 heterocycles. The lowest BCUT2D eigenvalue weighted by Crippen LogP contribution is -2.61. The second-order valence-electron chi connectivity index (χ2n) is 2.99. The number of aliphatic hydroxyl groups excluding tert-OH is 1. The van der Waals surface area contributed by atoms with Crippen LogP contribution in [-0.2, 0) is 9.53 Å². The minimum absolute atomic E-state index is 0.126. The van der Waals surface area contributed by atoms with Gasteiger partial charge in [0.05, 0.1) is 19.8 Å². The molecule has 0 bridgehead atoms. The summed E-state index contributed by atoms with van der Waals surface area (Å²) >= 11 is 0. The van der Waals surface area contributed by atoms with Gasteiger partial charge in [0.25, 0.3) is 0 Å². The molecule has 0 spiro atoms. The van der Waals surface area contributed by atoms with Crippen molar-refractivity contribution in [3.8, 4) is 0 Å². The number of hydrogen-bond acceptors (Lipinski definition) is 4. The Morgan fingerprint density at radius 3 is 3.00 bits per heavy atom. The molecule has 1 aliphatic heterocycles. The maximum Gasteiger partial charge on any atom is 0.144 e. The van der Waals surface area contributed by atoms with E-state index >= 15 is 0 Å². The predicted molar refractivity (Wildman–Crippen MR) is 39.3 cm³/mol. The highest BCUT2D eigenvalue weighted by molar-refractivity contribution is 5.65. The Balaban J connectivity index is 2.59. The molecule has 0 radical (unpaired) electrons. The van der Waals surface area contributed by atoms with Crippen LogP contribution in [0.4, 0.5) is 0 Å². The summed E-state index contributed by atoms with van der Waals surface area (Å²) in [5, 5.41) is 11.9. The summed E-state index contributed by atoms with van der Waals surface area (Å²) in [6.07, 6.45) is 0.711. The van der Waals surface area contributed by atoms with Crippen molar-refractivity contribution in [3.63, 3.8) is 0 Å². The highest BCUT2D eigenvalue weighted by Crippen LogP contribution is 2.08. The standard InChI is InChI=1S/C7H13NO3/c1-6-2-11-5-7(3-9,4-10)8-6/h3,6,8,10H,2,4-5H2,1H3/t6-,7+/m0/s1. The van der Waals surface area contributed by atoms with Gasteiger partial charge in [-0.05, 0) is 6.92 Å². The SMILES string of the molecule is C[C@H]1COC[C@@](C=O)(CO)N1. The molecule has 4 heteroatoms. The molecule has 1 aliphatic rings. The minimum atomic E-state index is -0.863. The zero-order valence-electron chi connectivity index (χ0n) is 6.54. The van der Waals surface area contributed by atoms with Gasteiger partial charge >= 0.3 is 0 Å². The summed E-state index contributed by atoms with van der Waals surface area (Å²) in [6, 6.07) is 0.126. The monoisotopic (exact) mass is 159 g/mol. The summed E-state index contributed by atoms with van der Waals surface area (Å²) in [5.74, 6) is 0. The number of carbonyl (C=O) groups excluding carboxylic acids is 1. The van der Waals surface area contributed by atoms with E-state index in [9.17, 15) is 4.79 Å². The molecule has 2 N–H and O–H groups in total. The third kappa shape index (κ3) is 1.77. The topological polar surface area (TPSA) is 58.6 Å². The lowest BCUT2D eigenvalue weighted by Gasteiger charge is -2.35. The van der Waals surface area contributed by atoms with E-state index in [0.717, 1.165) is 0 Å². The third-order valence-electron chi connectivity index (χ3n) is 1.77. The van der Waals surface area contributed by atoms with Crippen LogP contribution < -0.4 is 5.32 Å². The maximum absolute atomic E-state index is 10.6. The van der Waals surface area contributed by atoms with Gasteiger partial charge < -0.3 is 14.6 Å². The number of rotatable bonds is 2. The van der Waals surface area contributed by atoms with Crippen LogP contribution in [-0.4, -0.2) is 42.8 Å². The summed E-state index contributed by atoms with van der Waals surface area (Å²) in [4.78, 5) is 10.6. The number of carbonyl (C=O) groups is 1. The zero-order valence-corrected chi connectivity index (χ0v) is 6.54. The second kappa shape index (κ2) is 3.30. The Morgan fingerprint density at radius 1 is 1.91 bits per heavy atom. The number of ether oxygens (including phenoxy) is 1. The van der Waals surface area contributed by atoms with E-state index in [-0.39, 0.29) is 19.3 Å². The van der Waals surface area contributed by atoms with Crippen molar-refractivity contribution in [2.75, 3.05) is 19.8 Å². The van der Waals surface area contributed by atoms with Gasteiger partial charge in [-0.3, -0.25) is 5.32 Å². The molecule has 0 aromatic heterocycles. The first-order valence-electron chi connectivity index (χ1n) is 3.65. The molecule has 4 nitrogen and oxygen atoms in total. The highest BCUT2D eigenvalue weighted by Gasteiger charge is 2.34. The average molecular weight is 159 g/mol. The van der Waals surface area contributed by atoms with E-state index in [1.54, 1.807) is 0 Å². The zero-order chi connectivity index (χ0) is 8.32. The van der Waals surface area contributed by atoms with Gasteiger partial charge in [0.15, 0.2) is 0 Å². The lowest BCUT2D eigenvalue weighted by molar-refractivity contribution is -0.122. The van der Waals surface area contributed by atoms with Crippen LogP contribution in [0.1, 0.15) is 6.92 Å². The molecule has 2 atom stereocenters. The largest absolute Gasteiger partial charge is 0.394 e. The Hall–Kier alpha value is -0.450. The Kier molecular flexibility index (Phi) is 2.59. The van der Waals surface area contributed by atoms with E-state index in [0.29, 0.717) is 12.9 Å². The van der Waals surface area contributed by atoms with E-state index in [1.807, 2.05) is 6.92 Å². The van der Waals surface area contributed by atoms with Crippen molar-refractivity contribution >= 4 is 6.29 Å². The molecule has 0 unspecified atom stereocenters. The molecule has 64 valence electrons. The van der Waals surface area contributed by atoms with Gasteiger partial charge in [-0.1, -0.05) is 0 Å². The number of morpholine rings is 1. The van der Waals surface area contributed by atoms with Gasteiger partial charge in [0, 0.05) is 6.04 Å². The summed E-state index contributed by atoms with van der Waals surface area (Å²) < 4.78 is 5.13. The first-order valence-corrected chi connectivity index (χ1v) is 3.65. The highest BCUT2D eigenvalue weighted by atomic mass is 16.5. The first-order chi connectivity index (χ1) is 5.22. The van der Waals surface area contributed by atoms with E-state index in [2.05, 4.69) is 5.32 Å². The summed E-state index contributed by atoms with van der Waals surface area (Å²) in [7, 11) is 0. The fraction of sp³-hybridized carbons (Fsp3) is 0.857. The number of hydrogen-bond donors (Lipinski definition) is 2. The third-order valence-corrected chi connectivity index (χ3v) is 1.77. The van der Waals surface area contributed by atoms with Crippen molar-refractivity contribution in [2.24, 2.45) is 0 Å². The van der Waals surface area contributed by atoms with Gasteiger partial charge in [-0.15, -0.1) is 0 Å². The molecule has 1 rings (SSSR count). The Bertz CT molecular complexity index is 151. The molecule has 1 fully saturated rings. The second-order valence-corrected chi connectivity index (χ2v) is 2.99. The molecule has 11 heavy (non-hydrogen) atoms. The van der Waals surface area contributed by atoms with E-state index < -0.39 is 5.54 Å². The van der Waals surface area contributed by atoms with Gasteiger partial charge in [0.2, 0.25) is 0 Å². The number of nitrogens with one attached hydrogen (secondary N) is 1. The van der Waals surface area contributed by atoms with Crippen molar-refractivity contribution in [1.29, 1.82) is 0 Å². The molecule has 0 aromatic rings. The quantitative estimate of drug-likeness (QED) is 0.503. The van der Waals surface area contributed by atoms with Crippen molar-refractivity contribution in [2.45, 2.75) is 18.5 Å². The van der Waals surface area contributed by atoms with Crippen molar-refractivity contribution in [3.05, 3.63) is 0 Å². The van der Waals surface area contributed by atoms with Crippen molar-refractivity contribution in [1.82, 2.24) is 5.32 Å². The van der Waals surface area contributed by atoms with Gasteiger partial charge in [0.1, 0.15) is 11.8 Å². The molecular weight excluding hydrogens is 146 g/mol. The summed E-state index contributed by atoms with van der Waals surface area (Å²) in [5.41, 5.74) is -0.863. The van der Waals surface area contributed by atoms with E-state index in [4.69, 9.17) is 9.84 Å². The fourth-order valence-corrected chi connectivity index (χ4v) is 1.19. The first kappa shape index (κ1) is 8.64. The smallest absolute Gasteiger partial charge is 0.144 e. The van der Waals surface area contributed by atoms with Crippen molar-refractivity contribution < 1.29 is 14.6 Å². The molecular formula is C7H13NO3. The van der Waals surface area contributed by atoms with Gasteiger partial charge in [-0.2, -0.15) is 0 Å². The Morgan fingerprint density at radius 2 is 2.64 bits per heavy atom. The fourth-order valence-electron chi connectivity index (χ4n) is 1.19. The lowest BCUT2D eigenvalue weighted by atomic mass is 10.0. The Labute approximate surface area is 65.5 Å². The molecule has 0 aromatic carbocycles. The molecule has 0 amide bonds. The predicted octanol–water partition coefficient (Wildman–Crippen LogP) is -1.08. The van der Waals surface area contributed by atoms with Crippen LogP contribution in [0.25, 0.3) is 0 Å². The van der Waals surface area contributed by atoms with Crippen LogP contribution in [0.2, 0.25) is 0 Å². The number of aldehydes is 1. The van der Waals surface area contributed by atoms with Crippen LogP contribution in [0.5, 0.6) is 0 Å². The maximum atomic E-state index is 10.6. The molecule has 1 saturated heterocycles. The van der Waals surface area contributed by atoms with Crippen LogP contribution in [0, 0.1) is 0 Å². The average Bonchev–Trinajstić information content (AvgIpc) is 2.04. The van der Waals surface area contributed by atoms with Gasteiger partial charge in [-0.25, -0.2) is 0 Å². The van der Waals surface area contributed by atoms with E-state index in [1.165, 1.54) is 0 Å². The van der Waals surface area contributed by atoms with Crippen LogP contribution >= 0.6 is 0 Å². The molecule has 0 aliphatic carbocycles. The molecule has 0 saturated carbocycles. The van der Waals surface area contributed by atoms with Crippen LogP contribution in [0.3, 0.4) is 0 Å². The summed E-state index contributed by atoms with van der Waals surface area (Å²) in [6.45, 7) is 2.56.